The highest BCUT2D eigenvalue weighted by molar-refractivity contribution is 6.72. The Hall–Kier alpha value is -6.21. The van der Waals surface area contributed by atoms with Crippen molar-refractivity contribution in [3.05, 3.63) is 142 Å². The van der Waals surface area contributed by atoms with Crippen LogP contribution < -0.4 is 0 Å². The Morgan fingerprint density at radius 2 is 1.38 bits per heavy atom. The Kier molecular flexibility index (Phi) is 10.8. The number of hydrogen-bond acceptors (Lipinski definition) is 6. The maximum absolute atomic E-state index is 14.7. The highest BCUT2D eigenvalue weighted by Crippen LogP contribution is 2.39. The number of carbonyl (C=O) groups excluding carboxylic acids is 4. The lowest BCUT2D eigenvalue weighted by atomic mass is 9.89. The van der Waals surface area contributed by atoms with E-state index in [9.17, 15) is 19.2 Å². The zero-order valence-corrected chi connectivity index (χ0v) is 32.9. The molecule has 7 nitrogen and oxygen atoms in total. The van der Waals surface area contributed by atoms with Crippen LogP contribution in [0.1, 0.15) is 99.8 Å². The molecule has 1 aromatic heterocycles. The van der Waals surface area contributed by atoms with Gasteiger partial charge in [-0.05, 0) is 84.7 Å². The zero-order valence-electron chi connectivity index (χ0n) is 32.9. The summed E-state index contributed by atoms with van der Waals surface area (Å²) < 4.78 is 2.34. The summed E-state index contributed by atoms with van der Waals surface area (Å²) in [5.41, 5.74) is 6.09. The van der Waals surface area contributed by atoms with Crippen LogP contribution in [0.2, 0.25) is 0 Å². The number of unbranched alkanes of at least 4 members (excludes halogenated alkanes) is 1. The SMILES string of the molecule is CCCCC(CC)Cn1c2ccc(C(=O)/C(=N\OC(C)=O)C(=O)c3cccc4ccccc34)cc2c2cc(C(=O)c3c(C)cc(C)cc3C)c3ccccc3c21. The Balaban J connectivity index is 1.46. The number of fused-ring (bicyclic) bond motifs is 6. The zero-order chi connectivity index (χ0) is 39.7. The van der Waals surface area contributed by atoms with E-state index in [0.29, 0.717) is 22.4 Å². The molecule has 0 fully saturated rings. The molecule has 1 atom stereocenters. The molecule has 6 aromatic carbocycles. The molecule has 0 saturated heterocycles. The fourth-order valence-corrected chi connectivity index (χ4v) is 8.31. The standard InChI is InChI=1S/C49H46N2O5/c1-7-9-15-33(8-2)28-51-43-23-22-35(47(53)45(50-56-32(6)52)49(55)39-21-14-17-34-16-10-11-18-36(34)39)26-40(43)41-27-42(37-19-12-13-20-38(37)46(41)51)48(54)44-30(4)24-29(3)25-31(44)5/h10-14,16-27,33H,7-9,15,28H2,1-6H3/b50-45+. The third-order valence-corrected chi connectivity index (χ3v) is 11.0. The first-order valence-electron chi connectivity index (χ1n) is 19.4. The normalized spacial score (nSPS) is 12.4. The van der Waals surface area contributed by atoms with E-state index in [2.05, 4.69) is 29.6 Å². The smallest absolute Gasteiger partial charge is 0.332 e. The first kappa shape index (κ1) is 38.1. The van der Waals surface area contributed by atoms with Crippen LogP contribution in [0.15, 0.2) is 108 Å². The molecule has 0 aliphatic carbocycles. The van der Waals surface area contributed by atoms with Crippen molar-refractivity contribution in [3.8, 4) is 0 Å². The molecule has 0 saturated carbocycles. The molecular formula is C49H46N2O5. The Bertz CT molecular complexity index is 2720. The monoisotopic (exact) mass is 742 g/mol. The Morgan fingerprint density at radius 3 is 2.07 bits per heavy atom. The molecule has 7 heteroatoms. The van der Waals surface area contributed by atoms with Crippen molar-refractivity contribution in [3.63, 3.8) is 0 Å². The van der Waals surface area contributed by atoms with Gasteiger partial charge >= 0.3 is 5.97 Å². The summed E-state index contributed by atoms with van der Waals surface area (Å²) in [5, 5.41) is 8.77. The van der Waals surface area contributed by atoms with Gasteiger partial charge in [-0.15, -0.1) is 0 Å². The summed E-state index contributed by atoms with van der Waals surface area (Å²) in [5.74, 6) is -1.73. The third-order valence-electron chi connectivity index (χ3n) is 11.0. The second-order valence-electron chi connectivity index (χ2n) is 14.9. The fourth-order valence-electron chi connectivity index (χ4n) is 8.31. The molecule has 0 spiro atoms. The van der Waals surface area contributed by atoms with E-state index < -0.39 is 23.2 Å². The van der Waals surface area contributed by atoms with E-state index in [-0.39, 0.29) is 16.9 Å². The Morgan fingerprint density at radius 1 is 0.696 bits per heavy atom. The van der Waals surface area contributed by atoms with Crippen LogP contribution in [0.3, 0.4) is 0 Å². The predicted octanol–water partition coefficient (Wildman–Crippen LogP) is 11.5. The van der Waals surface area contributed by atoms with Gasteiger partial charge in [-0.3, -0.25) is 14.4 Å². The molecule has 282 valence electrons. The van der Waals surface area contributed by atoms with Crippen molar-refractivity contribution in [1.82, 2.24) is 4.57 Å². The molecule has 1 unspecified atom stereocenters. The molecule has 0 amide bonds. The molecule has 7 rings (SSSR count). The van der Waals surface area contributed by atoms with Gasteiger partial charge in [-0.25, -0.2) is 4.79 Å². The van der Waals surface area contributed by atoms with Gasteiger partial charge in [0.1, 0.15) is 0 Å². The number of hydrogen-bond donors (Lipinski definition) is 0. The van der Waals surface area contributed by atoms with E-state index in [4.69, 9.17) is 4.84 Å². The number of aromatic nitrogens is 1. The number of benzene rings is 6. The number of Topliss-reactive ketones (excluding diaryl/α,β-unsaturated/α-hetero) is 2. The molecule has 0 bridgehead atoms. The average molecular weight is 743 g/mol. The molecule has 0 N–H and O–H groups in total. The van der Waals surface area contributed by atoms with Gasteiger partial charge in [0.15, 0.2) is 11.5 Å². The molecule has 0 aliphatic rings. The Labute approximate surface area is 327 Å². The van der Waals surface area contributed by atoms with Crippen molar-refractivity contribution < 1.29 is 24.0 Å². The minimum Gasteiger partial charge on any atom is -0.340 e. The lowest BCUT2D eigenvalue weighted by molar-refractivity contribution is -0.140. The molecular weight excluding hydrogens is 697 g/mol. The van der Waals surface area contributed by atoms with Gasteiger partial charge < -0.3 is 9.40 Å². The summed E-state index contributed by atoms with van der Waals surface area (Å²) in [6.45, 7) is 12.4. The van der Waals surface area contributed by atoms with E-state index in [1.165, 1.54) is 6.92 Å². The largest absolute Gasteiger partial charge is 0.340 e. The summed E-state index contributed by atoms with van der Waals surface area (Å²) in [7, 11) is 0. The first-order chi connectivity index (χ1) is 27.0. The minimum absolute atomic E-state index is 0.0582. The van der Waals surface area contributed by atoms with E-state index >= 15 is 0 Å². The van der Waals surface area contributed by atoms with Crippen LogP contribution in [0.25, 0.3) is 43.4 Å². The second kappa shape index (κ2) is 15.9. The van der Waals surface area contributed by atoms with Crippen LogP contribution in [-0.4, -0.2) is 33.6 Å². The van der Waals surface area contributed by atoms with Crippen molar-refractivity contribution in [2.45, 2.75) is 73.8 Å². The van der Waals surface area contributed by atoms with E-state index in [1.54, 1.807) is 24.3 Å². The van der Waals surface area contributed by atoms with E-state index in [0.717, 1.165) is 86.9 Å². The van der Waals surface area contributed by atoms with Crippen LogP contribution in [-0.2, 0) is 16.2 Å². The predicted molar refractivity (Wildman–Crippen MR) is 226 cm³/mol. The third kappa shape index (κ3) is 7.05. The van der Waals surface area contributed by atoms with Crippen molar-refractivity contribution in [2.24, 2.45) is 11.1 Å². The number of aryl methyl sites for hydroxylation is 3. The topological polar surface area (TPSA) is 94.8 Å². The highest BCUT2D eigenvalue weighted by atomic mass is 16.7. The van der Waals surface area contributed by atoms with Crippen LogP contribution >= 0.6 is 0 Å². The lowest BCUT2D eigenvalue weighted by Gasteiger charge is -2.19. The van der Waals surface area contributed by atoms with Crippen LogP contribution in [0.4, 0.5) is 0 Å². The average Bonchev–Trinajstić information content (AvgIpc) is 3.50. The van der Waals surface area contributed by atoms with E-state index in [1.807, 2.05) is 93.6 Å². The van der Waals surface area contributed by atoms with Crippen molar-refractivity contribution in [1.29, 1.82) is 0 Å². The van der Waals surface area contributed by atoms with Crippen molar-refractivity contribution >= 4 is 72.4 Å². The molecule has 0 radical (unpaired) electrons. The number of oxime groups is 1. The summed E-state index contributed by atoms with van der Waals surface area (Å²) in [4.78, 5) is 60.3. The summed E-state index contributed by atoms with van der Waals surface area (Å²) in [6.07, 6.45) is 4.32. The number of carbonyl (C=O) groups is 4. The maximum atomic E-state index is 14.7. The van der Waals surface area contributed by atoms with Gasteiger partial charge in [0.2, 0.25) is 11.6 Å². The molecule has 56 heavy (non-hydrogen) atoms. The lowest BCUT2D eigenvalue weighted by Crippen LogP contribution is -2.25. The molecule has 1 heterocycles. The van der Waals surface area contributed by atoms with Gasteiger partial charge in [0.05, 0.1) is 5.52 Å². The minimum atomic E-state index is -0.754. The highest BCUT2D eigenvalue weighted by Gasteiger charge is 2.28. The first-order valence-corrected chi connectivity index (χ1v) is 19.4. The molecule has 7 aromatic rings. The fraction of sp³-hybridized carbons (Fsp3) is 0.245. The number of rotatable bonds is 13. The van der Waals surface area contributed by atoms with Crippen LogP contribution in [0.5, 0.6) is 0 Å². The van der Waals surface area contributed by atoms with Crippen molar-refractivity contribution in [2.75, 3.05) is 0 Å². The summed E-state index contributed by atoms with van der Waals surface area (Å²) in [6, 6.07) is 32.2. The van der Waals surface area contributed by atoms with Gasteiger partial charge in [0, 0.05) is 57.4 Å². The maximum Gasteiger partial charge on any atom is 0.332 e. The van der Waals surface area contributed by atoms with Gasteiger partial charge in [-0.1, -0.05) is 123 Å². The van der Waals surface area contributed by atoms with Gasteiger partial charge in [-0.2, -0.15) is 0 Å². The number of nitrogens with zero attached hydrogens (tertiary/aromatic N) is 2. The molecule has 0 aliphatic heterocycles. The van der Waals surface area contributed by atoms with Gasteiger partial charge in [0.25, 0.3) is 0 Å². The van der Waals surface area contributed by atoms with Crippen LogP contribution in [0, 0.1) is 26.7 Å². The second-order valence-corrected chi connectivity index (χ2v) is 14.9. The summed E-state index contributed by atoms with van der Waals surface area (Å²) >= 11 is 0. The number of ketones is 3. The quantitative estimate of drug-likeness (QED) is 0.0385.